The molecule has 21 heavy (non-hydrogen) atoms. The molecular weight excluding hydrogens is 402 g/mol. The van der Waals surface area contributed by atoms with E-state index in [4.69, 9.17) is 9.84 Å². The molecule has 0 aliphatic rings. The number of hydrogen-bond acceptors (Lipinski definition) is 3. The number of ether oxygens (including phenoxy) is 1. The van der Waals surface area contributed by atoms with Gasteiger partial charge in [0.15, 0.2) is 6.10 Å². The Bertz CT molecular complexity index is 471. The molecular formula is C15H21Br2NO3. The monoisotopic (exact) mass is 421 g/mol. The van der Waals surface area contributed by atoms with Crippen LogP contribution in [0.4, 0.5) is 0 Å². The molecule has 0 saturated carbocycles. The van der Waals surface area contributed by atoms with Crippen LogP contribution in [0.3, 0.4) is 0 Å². The highest BCUT2D eigenvalue weighted by Crippen LogP contribution is 2.35. The van der Waals surface area contributed by atoms with Gasteiger partial charge >= 0.3 is 0 Å². The molecule has 2 N–H and O–H groups in total. The van der Waals surface area contributed by atoms with Gasteiger partial charge in [0.05, 0.1) is 15.6 Å². The first kappa shape index (κ1) is 18.5. The average molecular weight is 423 g/mol. The number of carbonyl (C=O) groups excluding carboxylic acids is 1. The highest BCUT2D eigenvalue weighted by atomic mass is 79.9. The topological polar surface area (TPSA) is 58.6 Å². The lowest BCUT2D eigenvalue weighted by molar-refractivity contribution is -0.127. The number of benzene rings is 1. The van der Waals surface area contributed by atoms with Crippen molar-refractivity contribution < 1.29 is 14.6 Å². The molecule has 2 unspecified atom stereocenters. The molecule has 1 aromatic rings. The summed E-state index contributed by atoms with van der Waals surface area (Å²) < 4.78 is 7.12. The fourth-order valence-corrected chi connectivity index (χ4v) is 3.38. The quantitative estimate of drug-likeness (QED) is 0.702. The van der Waals surface area contributed by atoms with Crippen molar-refractivity contribution in [1.29, 1.82) is 0 Å². The molecule has 0 aliphatic heterocycles. The Morgan fingerprint density at radius 2 is 1.90 bits per heavy atom. The summed E-state index contributed by atoms with van der Waals surface area (Å²) in [5.74, 6) is 0.416. The van der Waals surface area contributed by atoms with Crippen LogP contribution in [0.25, 0.3) is 0 Å². The normalized spacial score (nSPS) is 13.6. The molecule has 1 rings (SSSR count). The third-order valence-corrected chi connectivity index (χ3v) is 4.19. The van der Waals surface area contributed by atoms with E-state index >= 15 is 0 Å². The number of aliphatic hydroxyl groups is 1. The first-order valence-corrected chi connectivity index (χ1v) is 8.53. The fraction of sp³-hybridized carbons (Fsp3) is 0.533. The Balaban J connectivity index is 2.74. The summed E-state index contributed by atoms with van der Waals surface area (Å²) in [6.07, 6.45) is 1.37. The zero-order valence-corrected chi connectivity index (χ0v) is 15.6. The summed E-state index contributed by atoms with van der Waals surface area (Å²) >= 11 is 6.79. The van der Waals surface area contributed by atoms with Crippen molar-refractivity contribution in [3.8, 4) is 5.75 Å². The second-order valence-electron chi connectivity index (χ2n) is 5.01. The fourth-order valence-electron chi connectivity index (χ4n) is 1.91. The van der Waals surface area contributed by atoms with Crippen molar-refractivity contribution in [2.24, 2.45) is 0 Å². The summed E-state index contributed by atoms with van der Waals surface area (Å²) in [4.78, 5) is 12.1. The van der Waals surface area contributed by atoms with Gasteiger partial charge in [0.2, 0.25) is 0 Å². The van der Waals surface area contributed by atoms with E-state index in [0.717, 1.165) is 18.4 Å². The minimum Gasteiger partial charge on any atom is -0.479 e. The van der Waals surface area contributed by atoms with Crippen molar-refractivity contribution in [2.45, 2.75) is 52.4 Å². The highest BCUT2D eigenvalue weighted by Gasteiger charge is 2.19. The predicted octanol–water partition coefficient (Wildman–Crippen LogP) is 3.78. The van der Waals surface area contributed by atoms with E-state index < -0.39 is 6.10 Å². The van der Waals surface area contributed by atoms with Crippen molar-refractivity contribution in [3.05, 3.63) is 26.6 Å². The summed E-state index contributed by atoms with van der Waals surface area (Å²) in [7, 11) is 0. The van der Waals surface area contributed by atoms with Gasteiger partial charge < -0.3 is 15.2 Å². The largest absolute Gasteiger partial charge is 0.479 e. The molecule has 0 fully saturated rings. The zero-order valence-electron chi connectivity index (χ0n) is 12.5. The molecule has 2 atom stereocenters. The van der Waals surface area contributed by atoms with Gasteiger partial charge in [0.25, 0.3) is 5.91 Å². The summed E-state index contributed by atoms with van der Waals surface area (Å²) in [6.45, 7) is 5.73. The molecule has 0 saturated heterocycles. The lowest BCUT2D eigenvalue weighted by Crippen LogP contribution is -2.41. The van der Waals surface area contributed by atoms with Crippen LogP contribution in [0.5, 0.6) is 5.75 Å². The molecule has 0 aliphatic carbocycles. The van der Waals surface area contributed by atoms with Crippen LogP contribution in [-0.4, -0.2) is 23.2 Å². The van der Waals surface area contributed by atoms with Crippen molar-refractivity contribution >= 4 is 37.8 Å². The summed E-state index contributed by atoms with van der Waals surface area (Å²) in [5, 5.41) is 12.1. The molecule has 0 radical (unpaired) electrons. The number of halogens is 2. The summed E-state index contributed by atoms with van der Waals surface area (Å²) in [6, 6.07) is 3.67. The molecule has 4 nitrogen and oxygen atoms in total. The van der Waals surface area contributed by atoms with Crippen LogP contribution in [0.2, 0.25) is 0 Å². The molecule has 0 heterocycles. The average Bonchev–Trinajstić information content (AvgIpc) is 2.42. The van der Waals surface area contributed by atoms with Gasteiger partial charge in [0, 0.05) is 6.04 Å². The van der Waals surface area contributed by atoms with E-state index in [1.807, 2.05) is 6.92 Å². The number of amides is 1. The van der Waals surface area contributed by atoms with E-state index in [0.29, 0.717) is 14.7 Å². The first-order valence-electron chi connectivity index (χ1n) is 6.94. The minimum atomic E-state index is -0.600. The molecule has 6 heteroatoms. The predicted molar refractivity (Wildman–Crippen MR) is 90.4 cm³/mol. The molecule has 0 spiro atoms. The van der Waals surface area contributed by atoms with Gasteiger partial charge in [-0.1, -0.05) is 13.3 Å². The standard InChI is InChI=1S/C15H21Br2NO3/c1-4-5-9(2)18-15(20)10(3)21-14-12(16)6-11(8-19)7-13(14)17/h6-7,9-10,19H,4-5,8H2,1-3H3,(H,18,20). The summed E-state index contributed by atoms with van der Waals surface area (Å²) in [5.41, 5.74) is 0.759. The zero-order chi connectivity index (χ0) is 16.0. The maximum Gasteiger partial charge on any atom is 0.260 e. The Kier molecular flexibility index (Phi) is 7.70. The van der Waals surface area contributed by atoms with Gasteiger partial charge in [-0.05, 0) is 69.8 Å². The van der Waals surface area contributed by atoms with E-state index in [2.05, 4.69) is 44.1 Å². The number of aliphatic hydroxyl groups excluding tert-OH is 1. The SMILES string of the molecule is CCCC(C)NC(=O)C(C)Oc1c(Br)cc(CO)cc1Br. The Morgan fingerprint density at radius 3 is 2.38 bits per heavy atom. The van der Waals surface area contributed by atoms with E-state index in [-0.39, 0.29) is 18.6 Å². The lowest BCUT2D eigenvalue weighted by Gasteiger charge is -2.20. The third kappa shape index (κ3) is 5.60. The van der Waals surface area contributed by atoms with E-state index in [1.165, 1.54) is 0 Å². The molecule has 0 bridgehead atoms. The van der Waals surface area contributed by atoms with Crippen LogP contribution in [0.1, 0.15) is 39.2 Å². The number of hydrogen-bond donors (Lipinski definition) is 2. The van der Waals surface area contributed by atoms with Crippen LogP contribution < -0.4 is 10.1 Å². The first-order chi connectivity index (χ1) is 9.88. The maximum atomic E-state index is 12.1. The van der Waals surface area contributed by atoms with Crippen LogP contribution in [0.15, 0.2) is 21.1 Å². The van der Waals surface area contributed by atoms with Crippen LogP contribution >= 0.6 is 31.9 Å². The second kappa shape index (κ2) is 8.76. The number of rotatable bonds is 7. The molecule has 118 valence electrons. The van der Waals surface area contributed by atoms with Crippen molar-refractivity contribution in [3.63, 3.8) is 0 Å². The smallest absolute Gasteiger partial charge is 0.260 e. The Labute approximate surface area is 142 Å². The number of nitrogens with one attached hydrogen (secondary N) is 1. The van der Waals surface area contributed by atoms with Gasteiger partial charge in [-0.3, -0.25) is 4.79 Å². The number of carbonyl (C=O) groups is 1. The Morgan fingerprint density at radius 1 is 1.33 bits per heavy atom. The van der Waals surface area contributed by atoms with Crippen molar-refractivity contribution in [2.75, 3.05) is 0 Å². The lowest BCUT2D eigenvalue weighted by atomic mass is 10.2. The highest BCUT2D eigenvalue weighted by molar-refractivity contribution is 9.11. The molecule has 0 aromatic heterocycles. The van der Waals surface area contributed by atoms with Crippen LogP contribution in [0, 0.1) is 0 Å². The third-order valence-electron chi connectivity index (χ3n) is 3.01. The molecule has 1 aromatic carbocycles. The van der Waals surface area contributed by atoms with E-state index in [9.17, 15) is 4.79 Å². The molecule has 1 amide bonds. The van der Waals surface area contributed by atoms with E-state index in [1.54, 1.807) is 19.1 Å². The maximum absolute atomic E-state index is 12.1. The van der Waals surface area contributed by atoms with Crippen LogP contribution in [-0.2, 0) is 11.4 Å². The second-order valence-corrected chi connectivity index (χ2v) is 6.71. The Hall–Kier alpha value is -0.590. The van der Waals surface area contributed by atoms with Gasteiger partial charge in [-0.25, -0.2) is 0 Å². The minimum absolute atomic E-state index is 0.0535. The van der Waals surface area contributed by atoms with Crippen molar-refractivity contribution in [1.82, 2.24) is 5.32 Å². The van der Waals surface area contributed by atoms with Gasteiger partial charge in [-0.15, -0.1) is 0 Å². The van der Waals surface area contributed by atoms with Gasteiger partial charge in [0.1, 0.15) is 5.75 Å². The van der Waals surface area contributed by atoms with Gasteiger partial charge in [-0.2, -0.15) is 0 Å².